The Labute approximate surface area is 412 Å². The Morgan fingerprint density at radius 1 is 0.714 bits per heavy atom. The van der Waals surface area contributed by atoms with E-state index in [1.54, 1.807) is 37.4 Å². The fourth-order valence-electron chi connectivity index (χ4n) is 8.87. The van der Waals surface area contributed by atoms with E-state index in [1.165, 1.54) is 35.1 Å². The average molecular weight is 1000 g/mol. The summed E-state index contributed by atoms with van der Waals surface area (Å²) in [6, 6.07) is 7.37. The molecule has 4 aromatic rings. The number of aliphatic hydroxyl groups is 2. The van der Waals surface area contributed by atoms with Gasteiger partial charge in [-0.25, -0.2) is 9.98 Å². The highest BCUT2D eigenvalue weighted by atomic mass is 32.1. The second-order valence-corrected chi connectivity index (χ2v) is 18.8. The molecule has 2 amide bonds. The van der Waals surface area contributed by atoms with Gasteiger partial charge >= 0.3 is 0 Å². The van der Waals surface area contributed by atoms with Gasteiger partial charge in [-0.3, -0.25) is 59.8 Å². The number of hydrogen-bond acceptors (Lipinski definition) is 22. The molecule has 2 saturated heterocycles. The van der Waals surface area contributed by atoms with Crippen LogP contribution < -0.4 is 29.6 Å². The third kappa shape index (κ3) is 11.1. The summed E-state index contributed by atoms with van der Waals surface area (Å²) >= 11 is 2.51. The number of aliphatic hydroxyl groups excluding tert-OH is 2. The van der Waals surface area contributed by atoms with Gasteiger partial charge in [0.25, 0.3) is 11.8 Å². The Bertz CT molecular complexity index is 2610. The fraction of sp³-hybridized carbons (Fsp3) is 0.478. The molecule has 2 aromatic carbocycles. The number of benzene rings is 2. The number of nitrogens with one attached hydrogen (secondary N) is 2. The maximum absolute atomic E-state index is 12.7. The number of hydrogen-bond donors (Lipinski definition) is 4. The van der Waals surface area contributed by atoms with Gasteiger partial charge in [0, 0.05) is 63.5 Å². The van der Waals surface area contributed by atoms with Crippen molar-refractivity contribution in [2.75, 3.05) is 106 Å². The SMILES string of the molecule is COc1c(OC[C@H](O)CN2CCOCC2)ccc2c1N=C(NC(=O)c1cncs1)N1CCN=C21.COc1c(OC[C@H](O)CN2C[C@@H](C)O[C@@H](C)C2)ccc2c1N=C(NC(=O)c1cncs1)N1CCN=C21. The van der Waals surface area contributed by atoms with Crippen molar-refractivity contribution in [2.24, 2.45) is 20.0 Å². The van der Waals surface area contributed by atoms with Gasteiger partial charge in [0.2, 0.25) is 11.9 Å². The largest absolute Gasteiger partial charge is 0.491 e. The molecule has 10 rings (SSSR count). The van der Waals surface area contributed by atoms with Crippen LogP contribution in [0.2, 0.25) is 0 Å². The van der Waals surface area contributed by atoms with Gasteiger partial charge in [0.05, 0.1) is 76.1 Å². The summed E-state index contributed by atoms with van der Waals surface area (Å²) in [6.07, 6.45) is 1.95. The third-order valence-corrected chi connectivity index (χ3v) is 13.4. The van der Waals surface area contributed by atoms with E-state index in [2.05, 4.69) is 40.4 Å². The lowest BCUT2D eigenvalue weighted by atomic mass is 10.1. The normalized spacial score (nSPS) is 20.4. The van der Waals surface area contributed by atoms with Crippen LogP contribution in [0.1, 0.15) is 44.3 Å². The smallest absolute Gasteiger partial charge is 0.269 e. The number of fused-ring (bicyclic) bond motifs is 6. The number of methoxy groups -OCH3 is 2. The summed E-state index contributed by atoms with van der Waals surface area (Å²) in [5, 5.41) is 26.9. The molecule has 4 N–H and O–H groups in total. The molecule has 24 heteroatoms. The quantitative estimate of drug-likeness (QED) is 0.142. The molecule has 0 spiro atoms. The van der Waals surface area contributed by atoms with Crippen LogP contribution in [0.25, 0.3) is 0 Å². The Morgan fingerprint density at radius 3 is 1.63 bits per heavy atom. The van der Waals surface area contributed by atoms with Crippen molar-refractivity contribution in [1.82, 2.24) is 40.2 Å². The summed E-state index contributed by atoms with van der Waals surface area (Å²) in [7, 11) is 3.09. The van der Waals surface area contributed by atoms with Gasteiger partial charge in [-0.05, 0) is 38.1 Å². The van der Waals surface area contributed by atoms with Crippen molar-refractivity contribution in [3.63, 3.8) is 0 Å². The first-order chi connectivity index (χ1) is 34.1. The standard InChI is InChI=1S/C24H30N6O5S.C22H26N6O5S/c1-14-9-29(10-15(2)35-14)11-16(31)12-34-18-5-4-17-20(21(18)33-3)27-24(30-7-6-26-22(17)30)28-23(32)19-8-25-13-36-19;1-31-19-16(33-12-14(29)11-27-6-8-32-9-7-27)3-2-15-18(19)25-22(28-5-4-24-20(15)28)26-21(30)17-10-23-13-34-17/h4-5,8,13-16,31H,6-7,9-12H2,1-3H3,(H,27,28,32);2-3,10,13-14,29H,4-9,11-12H2,1H3,(H,25,26,30)/t14-,15+,16-;14-/m11/s1. The Hall–Kier alpha value is -6.12. The number of nitrogens with zero attached hydrogens (tertiary/aromatic N) is 10. The van der Waals surface area contributed by atoms with Crippen LogP contribution in [-0.2, 0) is 9.47 Å². The number of ether oxygens (including phenoxy) is 6. The number of carbonyl (C=O) groups excluding carboxylic acids is 2. The van der Waals surface area contributed by atoms with Crippen molar-refractivity contribution in [3.05, 3.63) is 68.6 Å². The molecule has 0 radical (unpaired) electrons. The molecule has 0 aliphatic carbocycles. The molecular formula is C46H56N12O10S2. The second-order valence-electron chi connectivity index (χ2n) is 17.0. The summed E-state index contributed by atoms with van der Waals surface area (Å²) in [6.45, 7) is 12.2. The van der Waals surface area contributed by atoms with E-state index in [1.807, 2.05) is 35.8 Å². The van der Waals surface area contributed by atoms with E-state index in [9.17, 15) is 19.8 Å². The lowest BCUT2D eigenvalue weighted by Gasteiger charge is -2.36. The van der Waals surface area contributed by atoms with E-state index in [0.29, 0.717) is 109 Å². The van der Waals surface area contributed by atoms with E-state index in [4.69, 9.17) is 38.4 Å². The van der Waals surface area contributed by atoms with E-state index in [-0.39, 0.29) is 37.2 Å². The molecule has 2 aromatic heterocycles. The van der Waals surface area contributed by atoms with Gasteiger partial charge in [-0.15, -0.1) is 22.7 Å². The fourth-order valence-corrected chi connectivity index (χ4v) is 9.90. The molecule has 70 heavy (non-hydrogen) atoms. The van der Waals surface area contributed by atoms with Crippen LogP contribution in [-0.4, -0.2) is 206 Å². The van der Waals surface area contributed by atoms with Crippen LogP contribution in [0.4, 0.5) is 11.4 Å². The zero-order valence-corrected chi connectivity index (χ0v) is 40.9. The van der Waals surface area contributed by atoms with Gasteiger partial charge < -0.3 is 38.6 Å². The number of amides is 2. The molecular weight excluding hydrogens is 945 g/mol. The zero-order chi connectivity index (χ0) is 48.7. The highest BCUT2D eigenvalue weighted by molar-refractivity contribution is 7.12. The van der Waals surface area contributed by atoms with Gasteiger partial charge in [0.15, 0.2) is 23.0 Å². The minimum Gasteiger partial charge on any atom is -0.491 e. The molecule has 0 unspecified atom stereocenters. The van der Waals surface area contributed by atoms with E-state index < -0.39 is 12.2 Å². The lowest BCUT2D eigenvalue weighted by molar-refractivity contribution is -0.0787. The molecule has 2 fully saturated rings. The molecule has 22 nitrogen and oxygen atoms in total. The average Bonchev–Trinajstić information content (AvgIpc) is 4.22. The summed E-state index contributed by atoms with van der Waals surface area (Å²) in [5.41, 5.74) is 5.86. The van der Waals surface area contributed by atoms with Crippen molar-refractivity contribution in [1.29, 1.82) is 0 Å². The number of amidine groups is 2. The summed E-state index contributed by atoms with van der Waals surface area (Å²) in [5.74, 6) is 3.41. The van der Waals surface area contributed by atoms with Crippen LogP contribution >= 0.6 is 22.7 Å². The molecule has 0 bridgehead atoms. The van der Waals surface area contributed by atoms with Crippen molar-refractivity contribution >= 4 is 69.5 Å². The van der Waals surface area contributed by atoms with E-state index in [0.717, 1.165) is 49.0 Å². The molecule has 6 aliphatic heterocycles. The maximum atomic E-state index is 12.7. The monoisotopic (exact) mass is 1000 g/mol. The lowest BCUT2D eigenvalue weighted by Crippen LogP contribution is -2.48. The highest BCUT2D eigenvalue weighted by Crippen LogP contribution is 2.44. The Balaban J connectivity index is 0.000000174. The van der Waals surface area contributed by atoms with Gasteiger partial charge in [-0.2, -0.15) is 0 Å². The first kappa shape index (κ1) is 48.9. The Kier molecular flexibility index (Phi) is 15.6. The van der Waals surface area contributed by atoms with Crippen LogP contribution in [0, 0.1) is 0 Å². The predicted molar refractivity (Wildman–Crippen MR) is 262 cm³/mol. The number of morpholine rings is 2. The topological polar surface area (TPSA) is 242 Å². The summed E-state index contributed by atoms with van der Waals surface area (Å²) < 4.78 is 34.4. The number of guanidine groups is 2. The highest BCUT2D eigenvalue weighted by Gasteiger charge is 2.36. The number of carbonyl (C=O) groups is 2. The van der Waals surface area contributed by atoms with Gasteiger partial charge in [-0.1, -0.05) is 0 Å². The second kappa shape index (κ2) is 22.3. The predicted octanol–water partition coefficient (Wildman–Crippen LogP) is 2.21. The third-order valence-electron chi connectivity index (χ3n) is 11.9. The number of β-amino-alcohol motifs (C(OH)–C–C–N with tert-alkyl or cyclic N) is 2. The van der Waals surface area contributed by atoms with Crippen molar-refractivity contribution < 1.29 is 48.2 Å². The molecule has 0 saturated carbocycles. The molecule has 4 atom stereocenters. The zero-order valence-electron chi connectivity index (χ0n) is 39.3. The maximum Gasteiger partial charge on any atom is 0.269 e. The molecule has 372 valence electrons. The molecule has 6 aliphatic rings. The van der Waals surface area contributed by atoms with Crippen LogP contribution in [0.5, 0.6) is 23.0 Å². The summed E-state index contributed by atoms with van der Waals surface area (Å²) in [4.78, 5) is 61.0. The first-order valence-electron chi connectivity index (χ1n) is 23.0. The van der Waals surface area contributed by atoms with Crippen molar-refractivity contribution in [3.8, 4) is 23.0 Å². The van der Waals surface area contributed by atoms with Gasteiger partial charge in [0.1, 0.15) is 58.2 Å². The minimum atomic E-state index is -0.685. The minimum absolute atomic E-state index is 0.0982. The van der Waals surface area contributed by atoms with Crippen LogP contribution in [0.3, 0.4) is 0 Å². The number of aromatic nitrogens is 2. The van der Waals surface area contributed by atoms with Crippen LogP contribution in [0.15, 0.2) is 67.6 Å². The van der Waals surface area contributed by atoms with E-state index >= 15 is 0 Å². The number of rotatable bonds is 14. The number of thiazole rings is 2. The first-order valence-corrected chi connectivity index (χ1v) is 24.8. The van der Waals surface area contributed by atoms with Crippen molar-refractivity contribution in [2.45, 2.75) is 38.3 Å². The number of aliphatic imine (C=N–C) groups is 4. The molecule has 8 heterocycles. The Morgan fingerprint density at radius 2 is 1.19 bits per heavy atom.